The van der Waals surface area contributed by atoms with E-state index in [1.54, 1.807) is 18.0 Å². The number of nitrogens with one attached hydrogen (secondary N) is 1. The summed E-state index contributed by atoms with van der Waals surface area (Å²) < 4.78 is 0.987. The van der Waals surface area contributed by atoms with E-state index in [2.05, 4.69) is 57.2 Å². The van der Waals surface area contributed by atoms with Crippen LogP contribution in [0.4, 0.5) is 0 Å². The first-order valence-corrected chi connectivity index (χ1v) is 8.28. The van der Waals surface area contributed by atoms with Gasteiger partial charge < -0.3 is 5.32 Å². The van der Waals surface area contributed by atoms with Crippen LogP contribution in [0.2, 0.25) is 0 Å². The second kappa shape index (κ2) is 7.76. The van der Waals surface area contributed by atoms with Crippen LogP contribution in [-0.4, -0.2) is 16.5 Å². The lowest BCUT2D eigenvalue weighted by atomic mass is 10.1. The molecule has 20 heavy (non-hydrogen) atoms. The third-order valence-corrected chi connectivity index (χ3v) is 4.22. The Balaban J connectivity index is 2.07. The van der Waals surface area contributed by atoms with Gasteiger partial charge in [0.1, 0.15) is 10.1 Å². The van der Waals surface area contributed by atoms with Gasteiger partial charge in [-0.2, -0.15) is 0 Å². The van der Waals surface area contributed by atoms with E-state index >= 15 is 0 Å². The molecule has 0 radical (unpaired) electrons. The lowest BCUT2D eigenvalue weighted by Crippen LogP contribution is -2.19. The predicted molar refractivity (Wildman–Crippen MR) is 87.0 cm³/mol. The van der Waals surface area contributed by atoms with Crippen LogP contribution in [0.15, 0.2) is 51.2 Å². The summed E-state index contributed by atoms with van der Waals surface area (Å²) in [6.45, 7) is 5.38. The fourth-order valence-electron chi connectivity index (χ4n) is 1.76. The Labute approximate surface area is 132 Å². The number of hydrogen-bond acceptors (Lipinski definition) is 4. The molecule has 2 rings (SSSR count). The van der Waals surface area contributed by atoms with Crippen molar-refractivity contribution in [2.75, 3.05) is 6.54 Å². The van der Waals surface area contributed by atoms with Crippen molar-refractivity contribution in [3.63, 3.8) is 0 Å². The molecule has 0 amide bonds. The predicted octanol–water partition coefficient (Wildman–Crippen LogP) is 4.45. The van der Waals surface area contributed by atoms with Crippen molar-refractivity contribution in [1.82, 2.24) is 15.3 Å². The molecule has 2 aromatic rings. The van der Waals surface area contributed by atoms with E-state index in [1.165, 1.54) is 5.56 Å². The zero-order chi connectivity index (χ0) is 14.4. The Kier molecular flexibility index (Phi) is 6.01. The topological polar surface area (TPSA) is 37.8 Å². The molecule has 0 aliphatic carbocycles. The van der Waals surface area contributed by atoms with Gasteiger partial charge in [-0.05, 0) is 65.6 Å². The monoisotopic (exact) mass is 351 g/mol. The van der Waals surface area contributed by atoms with Gasteiger partial charge in [-0.3, -0.25) is 0 Å². The van der Waals surface area contributed by atoms with Crippen molar-refractivity contribution < 1.29 is 0 Å². The van der Waals surface area contributed by atoms with Gasteiger partial charge in [0.15, 0.2) is 0 Å². The smallest absolute Gasteiger partial charge is 0.102 e. The quantitative estimate of drug-likeness (QED) is 0.834. The van der Waals surface area contributed by atoms with Crippen LogP contribution in [0.25, 0.3) is 0 Å². The number of hydrogen-bond donors (Lipinski definition) is 1. The van der Waals surface area contributed by atoms with Crippen LogP contribution >= 0.6 is 27.7 Å². The Bertz CT molecular complexity index is 545. The highest BCUT2D eigenvalue weighted by atomic mass is 79.9. The highest BCUT2D eigenvalue weighted by Crippen LogP contribution is 2.26. The van der Waals surface area contributed by atoms with Gasteiger partial charge in [-0.1, -0.05) is 18.7 Å². The molecular weight excluding hydrogens is 334 g/mol. The van der Waals surface area contributed by atoms with Crippen molar-refractivity contribution in [2.24, 2.45) is 0 Å². The van der Waals surface area contributed by atoms with Gasteiger partial charge >= 0.3 is 0 Å². The number of aromatic nitrogens is 2. The standard InChI is InChI=1S/C15H18BrN3S/c1-3-7-17-11(2)12-6-8-18-15(9-12)20-14-5-4-13(16)10-19-14/h4-6,8-11,17H,3,7H2,1-2H3. The molecule has 0 aromatic carbocycles. The van der Waals surface area contributed by atoms with Crippen LogP contribution in [0.1, 0.15) is 31.9 Å². The Morgan fingerprint density at radius 1 is 1.25 bits per heavy atom. The van der Waals surface area contributed by atoms with E-state index in [-0.39, 0.29) is 0 Å². The summed E-state index contributed by atoms with van der Waals surface area (Å²) in [4.78, 5) is 8.76. The lowest BCUT2D eigenvalue weighted by molar-refractivity contribution is 0.569. The highest BCUT2D eigenvalue weighted by molar-refractivity contribution is 9.10. The van der Waals surface area contributed by atoms with Gasteiger partial charge in [0, 0.05) is 22.9 Å². The van der Waals surface area contributed by atoms with Gasteiger partial charge in [0.05, 0.1) is 0 Å². The highest BCUT2D eigenvalue weighted by Gasteiger charge is 2.07. The molecule has 0 aliphatic rings. The molecule has 3 nitrogen and oxygen atoms in total. The molecule has 0 spiro atoms. The summed E-state index contributed by atoms with van der Waals surface area (Å²) in [5, 5.41) is 5.41. The fraction of sp³-hybridized carbons (Fsp3) is 0.333. The van der Waals surface area contributed by atoms with Crippen LogP contribution in [-0.2, 0) is 0 Å². The first-order chi connectivity index (χ1) is 9.69. The molecule has 2 heterocycles. The van der Waals surface area contributed by atoms with E-state index in [0.717, 1.165) is 27.5 Å². The van der Waals surface area contributed by atoms with Gasteiger partial charge in [-0.25, -0.2) is 9.97 Å². The zero-order valence-electron chi connectivity index (χ0n) is 11.6. The summed E-state index contributed by atoms with van der Waals surface area (Å²) >= 11 is 4.97. The minimum Gasteiger partial charge on any atom is -0.310 e. The molecule has 0 saturated heterocycles. The van der Waals surface area contributed by atoms with Crippen molar-refractivity contribution >= 4 is 27.7 Å². The van der Waals surface area contributed by atoms with Gasteiger partial charge in [-0.15, -0.1) is 0 Å². The Morgan fingerprint density at radius 3 is 2.80 bits per heavy atom. The van der Waals surface area contributed by atoms with E-state index in [1.807, 2.05) is 18.3 Å². The number of rotatable bonds is 6. The summed E-state index contributed by atoms with van der Waals surface area (Å²) in [6, 6.07) is 8.51. The fourth-order valence-corrected chi connectivity index (χ4v) is 2.76. The largest absolute Gasteiger partial charge is 0.310 e. The van der Waals surface area contributed by atoms with Crippen LogP contribution in [0, 0.1) is 0 Å². The van der Waals surface area contributed by atoms with Crippen LogP contribution in [0.5, 0.6) is 0 Å². The molecule has 5 heteroatoms. The third-order valence-electron chi connectivity index (χ3n) is 2.87. The Hall–Kier alpha value is -0.910. The number of nitrogens with zero attached hydrogens (tertiary/aromatic N) is 2. The molecule has 2 aromatic heterocycles. The second-order valence-corrected chi connectivity index (χ2v) is 6.48. The normalized spacial score (nSPS) is 12.3. The maximum absolute atomic E-state index is 4.40. The van der Waals surface area contributed by atoms with Crippen molar-refractivity contribution in [3.05, 3.63) is 46.7 Å². The molecule has 0 saturated carbocycles. The minimum atomic E-state index is 0.343. The SMILES string of the molecule is CCCNC(C)c1ccnc(Sc2ccc(Br)cn2)c1. The van der Waals surface area contributed by atoms with E-state index in [0.29, 0.717) is 6.04 Å². The summed E-state index contributed by atoms with van der Waals surface area (Å²) in [5.41, 5.74) is 1.26. The molecule has 106 valence electrons. The average molecular weight is 352 g/mol. The maximum atomic E-state index is 4.40. The van der Waals surface area contributed by atoms with E-state index in [9.17, 15) is 0 Å². The molecule has 1 unspecified atom stereocenters. The maximum Gasteiger partial charge on any atom is 0.102 e. The number of halogens is 1. The van der Waals surface area contributed by atoms with Crippen molar-refractivity contribution in [3.8, 4) is 0 Å². The molecule has 0 fully saturated rings. The lowest BCUT2D eigenvalue weighted by Gasteiger charge is -2.14. The van der Waals surface area contributed by atoms with Gasteiger partial charge in [0.2, 0.25) is 0 Å². The van der Waals surface area contributed by atoms with E-state index in [4.69, 9.17) is 0 Å². The van der Waals surface area contributed by atoms with Crippen molar-refractivity contribution in [1.29, 1.82) is 0 Å². The molecule has 1 N–H and O–H groups in total. The van der Waals surface area contributed by atoms with Crippen LogP contribution < -0.4 is 5.32 Å². The van der Waals surface area contributed by atoms with E-state index < -0.39 is 0 Å². The number of pyridine rings is 2. The van der Waals surface area contributed by atoms with Gasteiger partial charge in [0.25, 0.3) is 0 Å². The van der Waals surface area contributed by atoms with Crippen molar-refractivity contribution in [2.45, 2.75) is 36.4 Å². The average Bonchev–Trinajstić information content (AvgIpc) is 2.47. The summed E-state index contributed by atoms with van der Waals surface area (Å²) in [7, 11) is 0. The first kappa shape index (κ1) is 15.5. The molecular formula is C15H18BrN3S. The second-order valence-electron chi connectivity index (χ2n) is 4.52. The molecule has 0 aliphatic heterocycles. The minimum absolute atomic E-state index is 0.343. The third kappa shape index (κ3) is 4.58. The summed E-state index contributed by atoms with van der Waals surface area (Å²) in [6.07, 6.45) is 4.80. The Morgan fingerprint density at radius 2 is 2.10 bits per heavy atom. The van der Waals surface area contributed by atoms with Crippen LogP contribution in [0.3, 0.4) is 0 Å². The molecule has 1 atom stereocenters. The first-order valence-electron chi connectivity index (χ1n) is 6.67. The molecule has 0 bridgehead atoms. The zero-order valence-corrected chi connectivity index (χ0v) is 14.0. The summed E-state index contributed by atoms with van der Waals surface area (Å²) in [5.74, 6) is 0.